The summed E-state index contributed by atoms with van der Waals surface area (Å²) in [6.07, 6.45) is 7.01. The largest absolute Gasteiger partial charge is 0.353 e. The molecule has 0 aromatic heterocycles. The van der Waals surface area contributed by atoms with Crippen molar-refractivity contribution in [1.82, 2.24) is 5.32 Å². The third-order valence-electron chi connectivity index (χ3n) is 2.98. The summed E-state index contributed by atoms with van der Waals surface area (Å²) in [5.41, 5.74) is 0. The molecule has 0 aromatic rings. The van der Waals surface area contributed by atoms with Crippen LogP contribution >= 0.6 is 0 Å². The summed E-state index contributed by atoms with van der Waals surface area (Å²) in [6.45, 7) is 4.17. The molecule has 1 saturated carbocycles. The monoisotopic (exact) mass is 183 g/mol. The van der Waals surface area contributed by atoms with Crippen molar-refractivity contribution in [3.8, 4) is 0 Å². The van der Waals surface area contributed by atoms with Gasteiger partial charge in [-0.05, 0) is 26.2 Å². The van der Waals surface area contributed by atoms with Gasteiger partial charge in [-0.15, -0.1) is 0 Å². The van der Waals surface area contributed by atoms with E-state index in [1.807, 2.05) is 0 Å². The smallest absolute Gasteiger partial charge is 0.223 e. The molecular formula is C11H21NO. The van der Waals surface area contributed by atoms with Crippen LogP contribution in [0, 0.1) is 5.92 Å². The fraction of sp³-hybridized carbons (Fsp3) is 0.909. The molecule has 1 rings (SSSR count). The fourth-order valence-electron chi connectivity index (χ4n) is 1.83. The Morgan fingerprint density at radius 2 is 2.00 bits per heavy atom. The van der Waals surface area contributed by atoms with Crippen LogP contribution in [0.15, 0.2) is 0 Å². The first-order valence-corrected chi connectivity index (χ1v) is 5.54. The molecule has 13 heavy (non-hydrogen) atoms. The molecule has 1 atom stereocenters. The van der Waals surface area contributed by atoms with Crippen molar-refractivity contribution in [2.45, 2.75) is 58.4 Å². The molecule has 0 heterocycles. The van der Waals surface area contributed by atoms with Crippen molar-refractivity contribution in [2.24, 2.45) is 5.92 Å². The highest BCUT2D eigenvalue weighted by Gasteiger charge is 2.21. The highest BCUT2D eigenvalue weighted by Crippen LogP contribution is 2.23. The molecule has 1 fully saturated rings. The molecule has 0 bridgehead atoms. The second-order valence-electron chi connectivity index (χ2n) is 4.15. The van der Waals surface area contributed by atoms with Gasteiger partial charge in [0.2, 0.25) is 5.91 Å². The number of hydrogen-bond acceptors (Lipinski definition) is 1. The van der Waals surface area contributed by atoms with Gasteiger partial charge in [0, 0.05) is 12.0 Å². The Morgan fingerprint density at radius 3 is 2.54 bits per heavy atom. The number of amides is 1. The highest BCUT2D eigenvalue weighted by molar-refractivity contribution is 5.78. The first kappa shape index (κ1) is 10.6. The Labute approximate surface area is 81.1 Å². The Kier molecular flexibility index (Phi) is 4.26. The van der Waals surface area contributed by atoms with Gasteiger partial charge in [-0.1, -0.05) is 26.2 Å². The zero-order chi connectivity index (χ0) is 9.68. The standard InChI is InChI=1S/C11H21NO/c1-3-9(2)12-11(13)10-7-5-4-6-8-10/h9-10H,3-8H2,1-2H3,(H,12,13). The van der Waals surface area contributed by atoms with Crippen LogP contribution in [0.1, 0.15) is 52.4 Å². The molecule has 1 amide bonds. The second-order valence-corrected chi connectivity index (χ2v) is 4.15. The number of carbonyl (C=O) groups is 1. The van der Waals surface area contributed by atoms with E-state index < -0.39 is 0 Å². The Hall–Kier alpha value is -0.530. The topological polar surface area (TPSA) is 29.1 Å². The van der Waals surface area contributed by atoms with Crippen LogP contribution in [0.2, 0.25) is 0 Å². The SMILES string of the molecule is CCC(C)NC(=O)C1CCCCC1. The molecule has 0 radical (unpaired) electrons. The van der Waals surface area contributed by atoms with E-state index >= 15 is 0 Å². The van der Waals surface area contributed by atoms with E-state index in [0.717, 1.165) is 19.3 Å². The molecule has 1 aliphatic rings. The lowest BCUT2D eigenvalue weighted by Gasteiger charge is -2.22. The van der Waals surface area contributed by atoms with Crippen LogP contribution in [-0.4, -0.2) is 11.9 Å². The summed E-state index contributed by atoms with van der Waals surface area (Å²) < 4.78 is 0. The van der Waals surface area contributed by atoms with E-state index in [1.165, 1.54) is 19.3 Å². The minimum atomic E-state index is 0.286. The zero-order valence-corrected chi connectivity index (χ0v) is 8.81. The highest BCUT2D eigenvalue weighted by atomic mass is 16.1. The third kappa shape index (κ3) is 3.37. The number of nitrogens with one attached hydrogen (secondary N) is 1. The first-order chi connectivity index (χ1) is 6.24. The van der Waals surface area contributed by atoms with Crippen molar-refractivity contribution in [2.75, 3.05) is 0 Å². The minimum Gasteiger partial charge on any atom is -0.353 e. The maximum Gasteiger partial charge on any atom is 0.223 e. The lowest BCUT2D eigenvalue weighted by atomic mass is 9.88. The van der Waals surface area contributed by atoms with E-state index in [1.54, 1.807) is 0 Å². The minimum absolute atomic E-state index is 0.286. The predicted octanol–water partition coefficient (Wildman–Crippen LogP) is 2.48. The summed E-state index contributed by atoms with van der Waals surface area (Å²) in [5, 5.41) is 3.06. The zero-order valence-electron chi connectivity index (χ0n) is 8.81. The van der Waals surface area contributed by atoms with Gasteiger partial charge in [0.1, 0.15) is 0 Å². The Morgan fingerprint density at radius 1 is 1.38 bits per heavy atom. The van der Waals surface area contributed by atoms with E-state index in [0.29, 0.717) is 12.0 Å². The van der Waals surface area contributed by atoms with Gasteiger partial charge < -0.3 is 5.32 Å². The second kappa shape index (κ2) is 5.25. The molecule has 2 heteroatoms. The molecule has 0 aliphatic heterocycles. The average molecular weight is 183 g/mol. The quantitative estimate of drug-likeness (QED) is 0.715. The van der Waals surface area contributed by atoms with Gasteiger partial charge >= 0.3 is 0 Å². The molecule has 0 spiro atoms. The van der Waals surface area contributed by atoms with Crippen molar-refractivity contribution >= 4 is 5.91 Å². The van der Waals surface area contributed by atoms with E-state index in [-0.39, 0.29) is 5.91 Å². The molecule has 2 nitrogen and oxygen atoms in total. The summed E-state index contributed by atoms with van der Waals surface area (Å²) in [4.78, 5) is 11.7. The molecule has 0 aromatic carbocycles. The van der Waals surface area contributed by atoms with Gasteiger partial charge in [-0.25, -0.2) is 0 Å². The molecule has 1 unspecified atom stereocenters. The molecular weight excluding hydrogens is 162 g/mol. The van der Waals surface area contributed by atoms with Crippen molar-refractivity contribution in [3.63, 3.8) is 0 Å². The van der Waals surface area contributed by atoms with Crippen LogP contribution in [0.5, 0.6) is 0 Å². The maximum atomic E-state index is 11.7. The van der Waals surface area contributed by atoms with Crippen molar-refractivity contribution in [1.29, 1.82) is 0 Å². The van der Waals surface area contributed by atoms with Gasteiger partial charge in [0.25, 0.3) is 0 Å². The van der Waals surface area contributed by atoms with Crippen LogP contribution in [-0.2, 0) is 4.79 Å². The first-order valence-electron chi connectivity index (χ1n) is 5.54. The van der Waals surface area contributed by atoms with Crippen molar-refractivity contribution < 1.29 is 4.79 Å². The van der Waals surface area contributed by atoms with Gasteiger partial charge in [-0.3, -0.25) is 4.79 Å². The summed E-state index contributed by atoms with van der Waals surface area (Å²) in [6, 6.07) is 0.342. The van der Waals surface area contributed by atoms with E-state index in [2.05, 4.69) is 19.2 Å². The Bertz CT molecular complexity index is 161. The van der Waals surface area contributed by atoms with E-state index in [9.17, 15) is 4.79 Å². The Balaban J connectivity index is 2.29. The van der Waals surface area contributed by atoms with Gasteiger partial charge in [-0.2, -0.15) is 0 Å². The summed E-state index contributed by atoms with van der Waals surface area (Å²) in [5.74, 6) is 0.594. The maximum absolute atomic E-state index is 11.7. The fourth-order valence-corrected chi connectivity index (χ4v) is 1.83. The predicted molar refractivity (Wildman–Crippen MR) is 54.5 cm³/mol. The average Bonchev–Trinajstić information content (AvgIpc) is 2.19. The van der Waals surface area contributed by atoms with Crippen LogP contribution in [0.3, 0.4) is 0 Å². The van der Waals surface area contributed by atoms with Crippen LogP contribution in [0.25, 0.3) is 0 Å². The number of carbonyl (C=O) groups excluding carboxylic acids is 1. The summed E-state index contributed by atoms with van der Waals surface area (Å²) in [7, 11) is 0. The van der Waals surface area contributed by atoms with Crippen LogP contribution in [0.4, 0.5) is 0 Å². The molecule has 1 aliphatic carbocycles. The van der Waals surface area contributed by atoms with E-state index in [4.69, 9.17) is 0 Å². The summed E-state index contributed by atoms with van der Waals surface area (Å²) >= 11 is 0. The van der Waals surface area contributed by atoms with Gasteiger partial charge in [0.15, 0.2) is 0 Å². The molecule has 0 saturated heterocycles. The number of rotatable bonds is 3. The van der Waals surface area contributed by atoms with Crippen molar-refractivity contribution in [3.05, 3.63) is 0 Å². The lowest BCUT2D eigenvalue weighted by Crippen LogP contribution is -2.37. The lowest BCUT2D eigenvalue weighted by molar-refractivity contribution is -0.126. The van der Waals surface area contributed by atoms with Gasteiger partial charge in [0.05, 0.1) is 0 Å². The third-order valence-corrected chi connectivity index (χ3v) is 2.98. The molecule has 1 N–H and O–H groups in total. The normalized spacial score (nSPS) is 21.1. The number of hydrogen-bond donors (Lipinski definition) is 1. The molecule has 76 valence electrons. The van der Waals surface area contributed by atoms with Crippen LogP contribution < -0.4 is 5.32 Å².